The van der Waals surface area contributed by atoms with Crippen molar-refractivity contribution in [1.82, 2.24) is 5.32 Å². The molecule has 1 aromatic rings. The molecule has 0 aromatic heterocycles. The van der Waals surface area contributed by atoms with Gasteiger partial charge in [0.15, 0.2) is 0 Å². The molecule has 1 atom stereocenters. The van der Waals surface area contributed by atoms with Crippen molar-refractivity contribution in [3.63, 3.8) is 0 Å². The standard InChI is InChI=1S/C16H27N/c1-7-17-15(11-16(4,5)6)14-9-8-12(2)13(3)10-14/h8-10,15,17H,7,11H2,1-6H3. The molecule has 0 aliphatic carbocycles. The van der Waals surface area contributed by atoms with Gasteiger partial charge < -0.3 is 5.32 Å². The van der Waals surface area contributed by atoms with Crippen LogP contribution in [0.15, 0.2) is 18.2 Å². The maximum Gasteiger partial charge on any atom is 0.0325 e. The molecule has 1 unspecified atom stereocenters. The zero-order chi connectivity index (χ0) is 13.1. The molecule has 1 N–H and O–H groups in total. The molecule has 96 valence electrons. The van der Waals surface area contributed by atoms with Gasteiger partial charge in [0, 0.05) is 6.04 Å². The highest BCUT2D eigenvalue weighted by Gasteiger charge is 2.19. The lowest BCUT2D eigenvalue weighted by Crippen LogP contribution is -2.25. The predicted molar refractivity (Wildman–Crippen MR) is 76.4 cm³/mol. The van der Waals surface area contributed by atoms with E-state index < -0.39 is 0 Å². The molecular weight excluding hydrogens is 206 g/mol. The fourth-order valence-corrected chi connectivity index (χ4v) is 2.15. The van der Waals surface area contributed by atoms with Crippen LogP contribution < -0.4 is 5.32 Å². The van der Waals surface area contributed by atoms with E-state index in [0.29, 0.717) is 11.5 Å². The van der Waals surface area contributed by atoms with Gasteiger partial charge in [0.05, 0.1) is 0 Å². The summed E-state index contributed by atoms with van der Waals surface area (Å²) in [5, 5.41) is 3.60. The van der Waals surface area contributed by atoms with Crippen LogP contribution >= 0.6 is 0 Å². The third-order valence-electron chi connectivity index (χ3n) is 3.20. The Hall–Kier alpha value is -0.820. The quantitative estimate of drug-likeness (QED) is 0.813. The molecule has 0 bridgehead atoms. The normalized spacial score (nSPS) is 13.8. The Balaban J connectivity index is 2.93. The van der Waals surface area contributed by atoms with Gasteiger partial charge in [0.25, 0.3) is 0 Å². The minimum absolute atomic E-state index is 0.353. The van der Waals surface area contributed by atoms with Crippen LogP contribution in [0.2, 0.25) is 0 Å². The highest BCUT2D eigenvalue weighted by molar-refractivity contribution is 5.31. The van der Waals surface area contributed by atoms with Gasteiger partial charge >= 0.3 is 0 Å². The Bertz CT molecular complexity index is 360. The zero-order valence-corrected chi connectivity index (χ0v) is 12.2. The summed E-state index contributed by atoms with van der Waals surface area (Å²) in [5.41, 5.74) is 4.54. The van der Waals surface area contributed by atoms with E-state index >= 15 is 0 Å². The van der Waals surface area contributed by atoms with Gasteiger partial charge in [-0.1, -0.05) is 45.9 Å². The molecule has 0 radical (unpaired) electrons. The van der Waals surface area contributed by atoms with Gasteiger partial charge in [-0.15, -0.1) is 0 Å². The smallest absolute Gasteiger partial charge is 0.0325 e. The number of rotatable bonds is 4. The first-order valence-electron chi connectivity index (χ1n) is 6.64. The van der Waals surface area contributed by atoms with Crippen molar-refractivity contribution in [3.8, 4) is 0 Å². The van der Waals surface area contributed by atoms with E-state index in [1.54, 1.807) is 0 Å². The average Bonchev–Trinajstić information content (AvgIpc) is 2.19. The lowest BCUT2D eigenvalue weighted by Gasteiger charge is -2.27. The maximum atomic E-state index is 3.60. The molecule has 0 amide bonds. The van der Waals surface area contributed by atoms with Gasteiger partial charge in [0.2, 0.25) is 0 Å². The summed E-state index contributed by atoms with van der Waals surface area (Å²) >= 11 is 0. The second-order valence-electron chi connectivity index (χ2n) is 6.22. The molecule has 1 nitrogen and oxygen atoms in total. The van der Waals surface area contributed by atoms with Crippen molar-refractivity contribution in [2.45, 2.75) is 54.0 Å². The maximum absolute atomic E-state index is 3.60. The van der Waals surface area contributed by atoms with Crippen molar-refractivity contribution in [1.29, 1.82) is 0 Å². The van der Waals surface area contributed by atoms with Gasteiger partial charge in [-0.05, 0) is 48.9 Å². The van der Waals surface area contributed by atoms with Crippen LogP contribution in [0.1, 0.15) is 56.8 Å². The van der Waals surface area contributed by atoms with Crippen LogP contribution in [0.4, 0.5) is 0 Å². The molecule has 0 aliphatic heterocycles. The summed E-state index contributed by atoms with van der Waals surface area (Å²) in [6.07, 6.45) is 1.17. The van der Waals surface area contributed by atoms with E-state index in [2.05, 4.69) is 65.1 Å². The molecule has 1 heteroatoms. The third-order valence-corrected chi connectivity index (χ3v) is 3.20. The van der Waals surface area contributed by atoms with Crippen LogP contribution in [0.5, 0.6) is 0 Å². The van der Waals surface area contributed by atoms with Crippen LogP contribution in [-0.4, -0.2) is 6.54 Å². The van der Waals surface area contributed by atoms with E-state index in [1.807, 2.05) is 0 Å². The lowest BCUT2D eigenvalue weighted by atomic mass is 9.85. The second kappa shape index (κ2) is 5.68. The Kier molecular flexibility index (Phi) is 4.76. The first kappa shape index (κ1) is 14.2. The van der Waals surface area contributed by atoms with Crippen molar-refractivity contribution < 1.29 is 0 Å². The average molecular weight is 233 g/mol. The highest BCUT2D eigenvalue weighted by Crippen LogP contribution is 2.30. The Morgan fingerprint density at radius 1 is 1.12 bits per heavy atom. The van der Waals surface area contributed by atoms with Crippen LogP contribution in [0.25, 0.3) is 0 Å². The monoisotopic (exact) mass is 233 g/mol. The van der Waals surface area contributed by atoms with E-state index in [1.165, 1.54) is 23.1 Å². The molecule has 0 saturated heterocycles. The van der Waals surface area contributed by atoms with Gasteiger partial charge in [0.1, 0.15) is 0 Å². The number of aryl methyl sites for hydroxylation is 2. The molecular formula is C16H27N. The number of hydrogen-bond acceptors (Lipinski definition) is 1. The number of nitrogens with one attached hydrogen (secondary N) is 1. The Morgan fingerprint density at radius 2 is 1.76 bits per heavy atom. The summed E-state index contributed by atoms with van der Waals surface area (Å²) in [7, 11) is 0. The summed E-state index contributed by atoms with van der Waals surface area (Å²) in [6, 6.07) is 7.30. The van der Waals surface area contributed by atoms with E-state index in [4.69, 9.17) is 0 Å². The van der Waals surface area contributed by atoms with Crippen molar-refractivity contribution in [2.75, 3.05) is 6.54 Å². The van der Waals surface area contributed by atoms with E-state index in [9.17, 15) is 0 Å². The van der Waals surface area contributed by atoms with E-state index in [-0.39, 0.29) is 0 Å². The third kappa shape index (κ3) is 4.51. The first-order valence-corrected chi connectivity index (χ1v) is 6.64. The number of hydrogen-bond donors (Lipinski definition) is 1. The fraction of sp³-hybridized carbons (Fsp3) is 0.625. The zero-order valence-electron chi connectivity index (χ0n) is 12.2. The molecule has 1 rings (SSSR count). The summed E-state index contributed by atoms with van der Waals surface area (Å²) in [6.45, 7) is 14.5. The molecule has 0 fully saturated rings. The second-order valence-corrected chi connectivity index (χ2v) is 6.22. The van der Waals surface area contributed by atoms with Gasteiger partial charge in [-0.3, -0.25) is 0 Å². The Morgan fingerprint density at radius 3 is 2.24 bits per heavy atom. The molecule has 0 spiro atoms. The minimum atomic E-state index is 0.353. The molecule has 1 aromatic carbocycles. The van der Waals surface area contributed by atoms with Gasteiger partial charge in [-0.25, -0.2) is 0 Å². The predicted octanol–water partition coefficient (Wildman–Crippen LogP) is 4.39. The SMILES string of the molecule is CCNC(CC(C)(C)C)c1ccc(C)c(C)c1. The molecule has 0 saturated carbocycles. The van der Waals surface area contributed by atoms with Crippen LogP contribution in [0, 0.1) is 19.3 Å². The summed E-state index contributed by atoms with van der Waals surface area (Å²) in [4.78, 5) is 0. The van der Waals surface area contributed by atoms with E-state index in [0.717, 1.165) is 6.54 Å². The minimum Gasteiger partial charge on any atom is -0.310 e. The topological polar surface area (TPSA) is 12.0 Å². The molecule has 0 aliphatic rings. The molecule has 17 heavy (non-hydrogen) atoms. The Labute approximate surface area is 107 Å². The van der Waals surface area contributed by atoms with Crippen LogP contribution in [-0.2, 0) is 0 Å². The summed E-state index contributed by atoms with van der Waals surface area (Å²) in [5.74, 6) is 0. The van der Waals surface area contributed by atoms with Crippen molar-refractivity contribution >= 4 is 0 Å². The van der Waals surface area contributed by atoms with Gasteiger partial charge in [-0.2, -0.15) is 0 Å². The summed E-state index contributed by atoms with van der Waals surface area (Å²) < 4.78 is 0. The fourth-order valence-electron chi connectivity index (χ4n) is 2.15. The number of benzene rings is 1. The largest absolute Gasteiger partial charge is 0.310 e. The highest BCUT2D eigenvalue weighted by atomic mass is 14.9. The first-order chi connectivity index (χ1) is 7.83. The lowest BCUT2D eigenvalue weighted by molar-refractivity contribution is 0.314. The molecule has 0 heterocycles. The van der Waals surface area contributed by atoms with Crippen LogP contribution in [0.3, 0.4) is 0 Å². The van der Waals surface area contributed by atoms with Crippen molar-refractivity contribution in [2.24, 2.45) is 5.41 Å². The van der Waals surface area contributed by atoms with Crippen molar-refractivity contribution in [3.05, 3.63) is 34.9 Å².